The van der Waals surface area contributed by atoms with Crippen LogP contribution in [0.15, 0.2) is 39.7 Å². The van der Waals surface area contributed by atoms with Crippen LogP contribution in [0, 0.1) is 13.8 Å². The lowest BCUT2D eigenvalue weighted by molar-refractivity contribution is -0.120. The first-order valence-corrected chi connectivity index (χ1v) is 8.66. The van der Waals surface area contributed by atoms with Gasteiger partial charge in [-0.15, -0.1) is 11.3 Å². The largest absolute Gasteiger partial charge is 0.463 e. The number of furan rings is 1. The Hall–Kier alpha value is -2.74. The van der Waals surface area contributed by atoms with Crippen molar-refractivity contribution in [1.82, 2.24) is 20.1 Å². The van der Waals surface area contributed by atoms with Crippen molar-refractivity contribution < 1.29 is 9.21 Å². The van der Waals surface area contributed by atoms with Crippen molar-refractivity contribution in [2.75, 3.05) is 6.54 Å². The Morgan fingerprint density at radius 2 is 2.16 bits per heavy atom. The molecule has 0 fully saturated rings. The molecule has 0 aliphatic rings. The summed E-state index contributed by atoms with van der Waals surface area (Å²) in [5.74, 6) is 0.496. The van der Waals surface area contributed by atoms with E-state index in [-0.39, 0.29) is 11.5 Å². The molecular formula is C17H18N4O3S. The molecule has 0 aromatic carbocycles. The first-order valence-electron chi connectivity index (χ1n) is 7.84. The molecule has 1 amide bonds. The highest BCUT2D eigenvalue weighted by molar-refractivity contribution is 7.11. The van der Waals surface area contributed by atoms with Crippen LogP contribution in [0.4, 0.5) is 0 Å². The molecule has 0 aliphatic heterocycles. The number of aromatic nitrogens is 3. The van der Waals surface area contributed by atoms with Gasteiger partial charge in [0.1, 0.15) is 5.69 Å². The summed E-state index contributed by atoms with van der Waals surface area (Å²) >= 11 is 1.53. The Kier molecular flexibility index (Phi) is 5.08. The number of hydrogen-bond donors (Lipinski definition) is 1. The van der Waals surface area contributed by atoms with Crippen molar-refractivity contribution in [2.24, 2.45) is 0 Å². The minimum atomic E-state index is -0.224. The van der Waals surface area contributed by atoms with E-state index in [4.69, 9.17) is 4.42 Å². The van der Waals surface area contributed by atoms with Crippen LogP contribution < -0.4 is 10.9 Å². The molecule has 3 aromatic rings. The lowest BCUT2D eigenvalue weighted by Gasteiger charge is -2.07. The maximum atomic E-state index is 12.0. The summed E-state index contributed by atoms with van der Waals surface area (Å²) in [4.78, 5) is 29.2. The third kappa shape index (κ3) is 4.21. The number of hydrogen-bond acceptors (Lipinski definition) is 6. The lowest BCUT2D eigenvalue weighted by Crippen LogP contribution is -2.32. The highest BCUT2D eigenvalue weighted by Crippen LogP contribution is 2.17. The van der Waals surface area contributed by atoms with Crippen molar-refractivity contribution in [1.29, 1.82) is 0 Å². The second-order valence-electron chi connectivity index (χ2n) is 5.53. The van der Waals surface area contributed by atoms with Gasteiger partial charge in [-0.1, -0.05) is 0 Å². The SMILES string of the molecule is Cc1nc(C)c(CC(=O)NCCn2nc(-c3ccco3)ccc2=O)s1. The van der Waals surface area contributed by atoms with Gasteiger partial charge in [0.15, 0.2) is 5.76 Å². The molecule has 0 saturated heterocycles. The summed E-state index contributed by atoms with van der Waals surface area (Å²) in [5.41, 5.74) is 1.24. The minimum absolute atomic E-state index is 0.0954. The molecule has 25 heavy (non-hydrogen) atoms. The number of nitrogens with zero attached hydrogens (tertiary/aromatic N) is 3. The molecule has 0 bridgehead atoms. The Bertz CT molecular complexity index is 928. The first-order chi connectivity index (χ1) is 12.0. The van der Waals surface area contributed by atoms with Crippen LogP contribution in [0.3, 0.4) is 0 Å². The summed E-state index contributed by atoms with van der Waals surface area (Å²) in [6.45, 7) is 4.43. The molecule has 0 aliphatic carbocycles. The molecular weight excluding hydrogens is 340 g/mol. The molecule has 3 rings (SSSR count). The second kappa shape index (κ2) is 7.43. The van der Waals surface area contributed by atoms with Crippen molar-refractivity contribution in [3.05, 3.63) is 56.5 Å². The number of thiazole rings is 1. The number of amides is 1. The number of aryl methyl sites for hydroxylation is 2. The highest BCUT2D eigenvalue weighted by Gasteiger charge is 2.10. The zero-order valence-electron chi connectivity index (χ0n) is 14.0. The summed E-state index contributed by atoms with van der Waals surface area (Å²) in [6.07, 6.45) is 1.85. The third-order valence-corrected chi connectivity index (χ3v) is 4.68. The Morgan fingerprint density at radius 3 is 2.84 bits per heavy atom. The third-order valence-electron chi connectivity index (χ3n) is 3.61. The van der Waals surface area contributed by atoms with Crippen LogP contribution in [0.5, 0.6) is 0 Å². The monoisotopic (exact) mass is 358 g/mol. The normalized spacial score (nSPS) is 10.8. The molecule has 0 unspecified atom stereocenters. The second-order valence-corrected chi connectivity index (χ2v) is 6.81. The molecule has 0 saturated carbocycles. The van der Waals surface area contributed by atoms with Gasteiger partial charge in [-0.3, -0.25) is 9.59 Å². The molecule has 1 N–H and O–H groups in total. The fraction of sp³-hybridized carbons (Fsp3) is 0.294. The van der Waals surface area contributed by atoms with Gasteiger partial charge in [0.2, 0.25) is 5.91 Å². The van der Waals surface area contributed by atoms with E-state index in [1.165, 1.54) is 22.1 Å². The topological polar surface area (TPSA) is 90.0 Å². The zero-order chi connectivity index (χ0) is 17.8. The summed E-state index contributed by atoms with van der Waals surface area (Å²) in [6, 6.07) is 6.59. The van der Waals surface area contributed by atoms with E-state index in [1.807, 2.05) is 13.8 Å². The first kappa shape index (κ1) is 17.1. The van der Waals surface area contributed by atoms with Gasteiger partial charge in [0.05, 0.1) is 29.9 Å². The molecule has 0 spiro atoms. The van der Waals surface area contributed by atoms with E-state index >= 15 is 0 Å². The molecule has 7 nitrogen and oxygen atoms in total. The summed E-state index contributed by atoms with van der Waals surface area (Å²) < 4.78 is 6.60. The average molecular weight is 358 g/mol. The van der Waals surface area contributed by atoms with Crippen LogP contribution in [0.2, 0.25) is 0 Å². The van der Waals surface area contributed by atoms with E-state index in [9.17, 15) is 9.59 Å². The number of nitrogens with one attached hydrogen (secondary N) is 1. The number of carbonyl (C=O) groups excluding carboxylic acids is 1. The quantitative estimate of drug-likeness (QED) is 0.727. The predicted octanol–water partition coefficient (Wildman–Crippen LogP) is 1.94. The van der Waals surface area contributed by atoms with E-state index in [2.05, 4.69) is 15.4 Å². The Labute approximate surface area is 148 Å². The molecule has 0 atom stereocenters. The van der Waals surface area contributed by atoms with E-state index in [0.717, 1.165) is 15.6 Å². The molecule has 8 heteroatoms. The van der Waals surface area contributed by atoms with Crippen molar-refractivity contribution >= 4 is 17.2 Å². The summed E-state index contributed by atoms with van der Waals surface area (Å²) in [5, 5.41) is 8.03. The minimum Gasteiger partial charge on any atom is -0.463 e. The van der Waals surface area contributed by atoms with Crippen LogP contribution in [0.1, 0.15) is 15.6 Å². The summed E-state index contributed by atoms with van der Waals surface area (Å²) in [7, 11) is 0. The maximum Gasteiger partial charge on any atom is 0.266 e. The van der Waals surface area contributed by atoms with E-state index < -0.39 is 0 Å². The van der Waals surface area contributed by atoms with E-state index in [1.54, 1.807) is 24.5 Å². The van der Waals surface area contributed by atoms with Gasteiger partial charge in [-0.2, -0.15) is 5.10 Å². The smallest absolute Gasteiger partial charge is 0.266 e. The lowest BCUT2D eigenvalue weighted by atomic mass is 10.3. The van der Waals surface area contributed by atoms with Gasteiger partial charge in [-0.05, 0) is 32.0 Å². The van der Waals surface area contributed by atoms with Gasteiger partial charge in [0, 0.05) is 17.5 Å². The van der Waals surface area contributed by atoms with Crippen LogP contribution in [-0.4, -0.2) is 27.2 Å². The average Bonchev–Trinajstić information content (AvgIpc) is 3.19. The molecule has 3 aromatic heterocycles. The Morgan fingerprint density at radius 1 is 1.32 bits per heavy atom. The standard InChI is InChI=1S/C17H18N4O3S/c1-11-15(25-12(2)19-11)10-16(22)18-7-8-21-17(23)6-5-13(20-21)14-4-3-9-24-14/h3-6,9H,7-8,10H2,1-2H3,(H,18,22). The number of carbonyl (C=O) groups is 1. The highest BCUT2D eigenvalue weighted by atomic mass is 32.1. The van der Waals surface area contributed by atoms with Gasteiger partial charge in [0.25, 0.3) is 5.56 Å². The molecule has 3 heterocycles. The fourth-order valence-electron chi connectivity index (χ4n) is 2.41. The van der Waals surface area contributed by atoms with Gasteiger partial charge < -0.3 is 9.73 Å². The van der Waals surface area contributed by atoms with Gasteiger partial charge in [-0.25, -0.2) is 9.67 Å². The van der Waals surface area contributed by atoms with Crippen molar-refractivity contribution in [3.63, 3.8) is 0 Å². The predicted molar refractivity (Wildman–Crippen MR) is 94.5 cm³/mol. The zero-order valence-corrected chi connectivity index (χ0v) is 14.8. The maximum absolute atomic E-state index is 12.0. The fourth-order valence-corrected chi connectivity index (χ4v) is 3.35. The molecule has 130 valence electrons. The van der Waals surface area contributed by atoms with E-state index in [0.29, 0.717) is 31.0 Å². The van der Waals surface area contributed by atoms with Crippen molar-refractivity contribution in [3.8, 4) is 11.5 Å². The Balaban J connectivity index is 1.58. The molecule has 0 radical (unpaired) electrons. The van der Waals surface area contributed by atoms with Crippen LogP contribution >= 0.6 is 11.3 Å². The van der Waals surface area contributed by atoms with Crippen LogP contribution in [0.25, 0.3) is 11.5 Å². The number of rotatable bonds is 6. The van der Waals surface area contributed by atoms with Crippen LogP contribution in [-0.2, 0) is 17.8 Å². The van der Waals surface area contributed by atoms with Gasteiger partial charge >= 0.3 is 0 Å². The van der Waals surface area contributed by atoms with Crippen molar-refractivity contribution in [2.45, 2.75) is 26.8 Å².